The van der Waals surface area contributed by atoms with Crippen molar-refractivity contribution in [3.63, 3.8) is 0 Å². The van der Waals surface area contributed by atoms with Gasteiger partial charge in [-0.1, -0.05) is 55.2 Å². The normalized spacial score (nSPS) is 17.8. The maximum Gasteiger partial charge on any atom is -0.0257 e. The molecule has 1 aliphatic rings. The first kappa shape index (κ1) is 12.5. The van der Waals surface area contributed by atoms with E-state index in [9.17, 15) is 0 Å². The van der Waals surface area contributed by atoms with Gasteiger partial charge >= 0.3 is 0 Å². The fraction of sp³-hybridized carbons (Fsp3) is 0.250. The van der Waals surface area contributed by atoms with Crippen LogP contribution in [0.4, 0.5) is 0 Å². The van der Waals surface area contributed by atoms with Gasteiger partial charge in [-0.15, -0.1) is 0 Å². The first-order valence-corrected chi connectivity index (χ1v) is 5.78. The van der Waals surface area contributed by atoms with Crippen LogP contribution in [0.3, 0.4) is 0 Å². The van der Waals surface area contributed by atoms with Crippen LogP contribution in [-0.4, -0.2) is 0 Å². The molecule has 0 radical (unpaired) electrons. The molecule has 0 saturated heterocycles. The molecule has 0 amide bonds. The standard InChI is InChI=1S/C16H20/c1-4-9-15(10-5-2)13-14(3)16-11-7-6-8-12-16/h4-5,7,9-13H,1,6,8H2,2-3H3/b10-5-,14-13+,15-9+. The molecule has 0 heteroatoms. The molecule has 0 saturated carbocycles. The second-order valence-corrected chi connectivity index (χ2v) is 3.87. The maximum absolute atomic E-state index is 3.73. The molecule has 0 bridgehead atoms. The lowest BCUT2D eigenvalue weighted by Crippen LogP contribution is -1.87. The van der Waals surface area contributed by atoms with Gasteiger partial charge in [0.15, 0.2) is 0 Å². The maximum atomic E-state index is 3.73. The summed E-state index contributed by atoms with van der Waals surface area (Å²) in [4.78, 5) is 0. The topological polar surface area (TPSA) is 0 Å². The molecule has 0 aromatic carbocycles. The van der Waals surface area contributed by atoms with Crippen LogP contribution in [0.2, 0.25) is 0 Å². The summed E-state index contributed by atoms with van der Waals surface area (Å²) in [7, 11) is 0. The minimum absolute atomic E-state index is 1.15. The van der Waals surface area contributed by atoms with E-state index in [-0.39, 0.29) is 0 Å². The molecule has 0 aliphatic heterocycles. The van der Waals surface area contributed by atoms with Gasteiger partial charge in [0.05, 0.1) is 0 Å². The summed E-state index contributed by atoms with van der Waals surface area (Å²) in [6, 6.07) is 0. The van der Waals surface area contributed by atoms with Gasteiger partial charge in [0.2, 0.25) is 0 Å². The molecular weight excluding hydrogens is 192 g/mol. The highest BCUT2D eigenvalue weighted by Crippen LogP contribution is 2.19. The van der Waals surface area contributed by atoms with Gasteiger partial charge in [0.25, 0.3) is 0 Å². The summed E-state index contributed by atoms with van der Waals surface area (Å²) in [5.74, 6) is 0. The Labute approximate surface area is 99.1 Å². The predicted octanol–water partition coefficient (Wildman–Crippen LogP) is 4.90. The van der Waals surface area contributed by atoms with Gasteiger partial charge in [0.1, 0.15) is 0 Å². The van der Waals surface area contributed by atoms with Crippen molar-refractivity contribution in [3.05, 3.63) is 71.9 Å². The Morgan fingerprint density at radius 3 is 2.75 bits per heavy atom. The second-order valence-electron chi connectivity index (χ2n) is 3.87. The third kappa shape index (κ3) is 3.90. The van der Waals surface area contributed by atoms with Crippen LogP contribution >= 0.6 is 0 Å². The second kappa shape index (κ2) is 6.84. The molecule has 0 aromatic heterocycles. The molecule has 0 N–H and O–H groups in total. The van der Waals surface area contributed by atoms with Crippen molar-refractivity contribution in [1.82, 2.24) is 0 Å². The summed E-state index contributed by atoms with van der Waals surface area (Å²) >= 11 is 0. The molecule has 0 spiro atoms. The Morgan fingerprint density at radius 1 is 1.38 bits per heavy atom. The van der Waals surface area contributed by atoms with Gasteiger partial charge in [-0.25, -0.2) is 0 Å². The van der Waals surface area contributed by atoms with Crippen molar-refractivity contribution in [1.29, 1.82) is 0 Å². The van der Waals surface area contributed by atoms with Crippen LogP contribution in [0, 0.1) is 0 Å². The van der Waals surface area contributed by atoms with Gasteiger partial charge in [0, 0.05) is 0 Å². The Morgan fingerprint density at radius 2 is 2.19 bits per heavy atom. The summed E-state index contributed by atoms with van der Waals surface area (Å²) < 4.78 is 0. The highest BCUT2D eigenvalue weighted by atomic mass is 14.0. The zero-order valence-corrected chi connectivity index (χ0v) is 10.2. The largest absolute Gasteiger partial charge is 0.0990 e. The van der Waals surface area contributed by atoms with E-state index >= 15 is 0 Å². The number of allylic oxidation sites excluding steroid dienone is 11. The number of rotatable bonds is 4. The van der Waals surface area contributed by atoms with Crippen molar-refractivity contribution < 1.29 is 0 Å². The zero-order valence-electron chi connectivity index (χ0n) is 10.2. The van der Waals surface area contributed by atoms with E-state index in [1.165, 1.54) is 23.1 Å². The van der Waals surface area contributed by atoms with E-state index in [0.29, 0.717) is 0 Å². The van der Waals surface area contributed by atoms with Gasteiger partial charge in [-0.2, -0.15) is 0 Å². The van der Waals surface area contributed by atoms with Crippen molar-refractivity contribution in [2.45, 2.75) is 26.7 Å². The molecular formula is C16H20. The quantitative estimate of drug-likeness (QED) is 0.581. The zero-order chi connectivity index (χ0) is 11.8. The van der Waals surface area contributed by atoms with E-state index in [1.54, 1.807) is 0 Å². The molecule has 1 aliphatic carbocycles. The fourth-order valence-corrected chi connectivity index (χ4v) is 1.72. The number of hydrogen-bond donors (Lipinski definition) is 0. The van der Waals surface area contributed by atoms with Crippen molar-refractivity contribution in [3.8, 4) is 0 Å². The van der Waals surface area contributed by atoms with Crippen LogP contribution in [0.25, 0.3) is 0 Å². The molecule has 1 rings (SSSR count). The first-order chi connectivity index (χ1) is 7.77. The third-order valence-electron chi connectivity index (χ3n) is 2.50. The first-order valence-electron chi connectivity index (χ1n) is 5.78. The summed E-state index contributed by atoms with van der Waals surface area (Å²) in [5, 5.41) is 0. The monoisotopic (exact) mass is 212 g/mol. The molecule has 0 aromatic rings. The van der Waals surface area contributed by atoms with Gasteiger partial charge in [-0.05, 0) is 43.4 Å². The SMILES string of the molecule is C=C/C=C(\C=C/C)/C=C(\C)C1=CCCC=C1. The Kier molecular flexibility index (Phi) is 5.35. The highest BCUT2D eigenvalue weighted by molar-refractivity contribution is 5.46. The van der Waals surface area contributed by atoms with Crippen LogP contribution < -0.4 is 0 Å². The van der Waals surface area contributed by atoms with Crippen molar-refractivity contribution >= 4 is 0 Å². The highest BCUT2D eigenvalue weighted by Gasteiger charge is 1.99. The molecule has 0 nitrogen and oxygen atoms in total. The Balaban J connectivity index is 2.89. The lowest BCUT2D eigenvalue weighted by Gasteiger charge is -2.07. The summed E-state index contributed by atoms with van der Waals surface area (Å²) in [5.41, 5.74) is 3.84. The van der Waals surface area contributed by atoms with Gasteiger partial charge in [-0.3, -0.25) is 0 Å². The lowest BCUT2D eigenvalue weighted by molar-refractivity contribution is 1.02. The average molecular weight is 212 g/mol. The molecule has 0 fully saturated rings. The average Bonchev–Trinajstić information content (AvgIpc) is 2.31. The molecule has 0 unspecified atom stereocenters. The van der Waals surface area contributed by atoms with E-state index in [1.807, 2.05) is 25.2 Å². The van der Waals surface area contributed by atoms with E-state index in [2.05, 4.69) is 43.9 Å². The minimum atomic E-state index is 1.15. The molecule has 16 heavy (non-hydrogen) atoms. The summed E-state index contributed by atoms with van der Waals surface area (Å²) in [6.07, 6.45) is 19.2. The van der Waals surface area contributed by atoms with E-state index in [0.717, 1.165) is 6.42 Å². The molecule has 0 atom stereocenters. The molecule has 84 valence electrons. The van der Waals surface area contributed by atoms with Crippen LogP contribution in [0.15, 0.2) is 71.9 Å². The Bertz CT molecular complexity index is 384. The predicted molar refractivity (Wildman–Crippen MR) is 73.3 cm³/mol. The smallest absolute Gasteiger partial charge is 0.0257 e. The Hall–Kier alpha value is -1.56. The van der Waals surface area contributed by atoms with Gasteiger partial charge < -0.3 is 0 Å². The van der Waals surface area contributed by atoms with Crippen molar-refractivity contribution in [2.24, 2.45) is 0 Å². The van der Waals surface area contributed by atoms with Crippen molar-refractivity contribution in [2.75, 3.05) is 0 Å². The molecule has 0 heterocycles. The number of hydrogen-bond acceptors (Lipinski definition) is 0. The van der Waals surface area contributed by atoms with Crippen LogP contribution in [0.1, 0.15) is 26.7 Å². The van der Waals surface area contributed by atoms with E-state index in [4.69, 9.17) is 0 Å². The van der Waals surface area contributed by atoms with Crippen LogP contribution in [0.5, 0.6) is 0 Å². The third-order valence-corrected chi connectivity index (χ3v) is 2.50. The lowest BCUT2D eigenvalue weighted by atomic mass is 9.98. The fourth-order valence-electron chi connectivity index (χ4n) is 1.72. The van der Waals surface area contributed by atoms with Crippen LogP contribution in [-0.2, 0) is 0 Å². The summed E-state index contributed by atoms with van der Waals surface area (Å²) in [6.45, 7) is 7.92. The van der Waals surface area contributed by atoms with E-state index < -0.39 is 0 Å². The minimum Gasteiger partial charge on any atom is -0.0990 e.